The lowest BCUT2D eigenvalue weighted by molar-refractivity contribution is 0.453. The summed E-state index contributed by atoms with van der Waals surface area (Å²) in [5.74, 6) is -0.210. The molecule has 1 aromatic carbocycles. The molecule has 0 radical (unpaired) electrons. The molecule has 1 aliphatic carbocycles. The molecule has 1 atom stereocenters. The van der Waals surface area contributed by atoms with E-state index in [1.165, 1.54) is 6.07 Å². The van der Waals surface area contributed by atoms with Gasteiger partial charge in [-0.3, -0.25) is 4.79 Å². The number of halogens is 1. The van der Waals surface area contributed by atoms with Gasteiger partial charge >= 0.3 is 0 Å². The Kier molecular flexibility index (Phi) is 3.65. The molecule has 1 aliphatic rings. The summed E-state index contributed by atoms with van der Waals surface area (Å²) in [5.41, 5.74) is 3.07. The lowest BCUT2D eigenvalue weighted by Gasteiger charge is -2.26. The molecule has 0 saturated heterocycles. The van der Waals surface area contributed by atoms with Crippen LogP contribution in [0.4, 0.5) is 4.39 Å². The molecule has 0 amide bonds. The quantitative estimate of drug-likeness (QED) is 0.902. The maximum atomic E-state index is 13.1. The van der Waals surface area contributed by atoms with Gasteiger partial charge in [-0.2, -0.15) is 0 Å². The van der Waals surface area contributed by atoms with E-state index >= 15 is 0 Å². The highest BCUT2D eigenvalue weighted by Gasteiger charge is 2.20. The topological polar surface area (TPSA) is 44.9 Å². The minimum Gasteiger partial charge on any atom is -0.326 e. The number of hydrogen-bond donors (Lipinski definition) is 2. The Morgan fingerprint density at radius 3 is 3.05 bits per heavy atom. The van der Waals surface area contributed by atoms with Crippen molar-refractivity contribution >= 4 is 0 Å². The summed E-state index contributed by atoms with van der Waals surface area (Å²) < 4.78 is 13.1. The molecule has 0 bridgehead atoms. The van der Waals surface area contributed by atoms with E-state index in [1.807, 2.05) is 12.1 Å². The average Bonchev–Trinajstić information content (AvgIpc) is 2.44. The molecule has 0 spiro atoms. The van der Waals surface area contributed by atoms with Gasteiger partial charge < -0.3 is 10.3 Å². The van der Waals surface area contributed by atoms with E-state index in [2.05, 4.69) is 10.3 Å². The molecular formula is C16H17FN2O. The van der Waals surface area contributed by atoms with Crippen LogP contribution in [0.5, 0.6) is 0 Å². The Morgan fingerprint density at radius 2 is 2.20 bits per heavy atom. The maximum absolute atomic E-state index is 13.1. The highest BCUT2D eigenvalue weighted by atomic mass is 19.1. The molecule has 0 fully saturated rings. The van der Waals surface area contributed by atoms with Crippen molar-refractivity contribution in [2.45, 2.75) is 31.8 Å². The fourth-order valence-corrected chi connectivity index (χ4v) is 2.80. The second-order valence-corrected chi connectivity index (χ2v) is 5.21. The number of fused-ring (bicyclic) bond motifs is 1. The van der Waals surface area contributed by atoms with Crippen LogP contribution in [0.25, 0.3) is 0 Å². The second kappa shape index (κ2) is 5.59. The van der Waals surface area contributed by atoms with E-state index in [0.717, 1.165) is 36.1 Å². The molecule has 1 heterocycles. The first-order chi connectivity index (χ1) is 9.72. The zero-order chi connectivity index (χ0) is 13.9. The van der Waals surface area contributed by atoms with Crippen molar-refractivity contribution in [1.82, 2.24) is 10.3 Å². The molecule has 1 aromatic heterocycles. The number of H-pyrrole nitrogens is 1. The first-order valence-corrected chi connectivity index (χ1v) is 6.92. The minimum atomic E-state index is -0.210. The molecule has 20 heavy (non-hydrogen) atoms. The Balaban J connectivity index is 1.75. The number of hydrogen-bond acceptors (Lipinski definition) is 2. The molecule has 0 saturated carbocycles. The van der Waals surface area contributed by atoms with Gasteiger partial charge in [-0.05, 0) is 42.5 Å². The number of aromatic amines is 1. The van der Waals surface area contributed by atoms with Crippen LogP contribution in [0.2, 0.25) is 0 Å². The normalized spacial score (nSPS) is 17.8. The van der Waals surface area contributed by atoms with Crippen molar-refractivity contribution in [3.63, 3.8) is 0 Å². The zero-order valence-corrected chi connectivity index (χ0v) is 11.2. The number of rotatable bonds is 3. The molecule has 0 aliphatic heterocycles. The summed E-state index contributed by atoms with van der Waals surface area (Å²) in [7, 11) is 0. The summed E-state index contributed by atoms with van der Waals surface area (Å²) in [6.07, 6.45) is 3.01. The first-order valence-electron chi connectivity index (χ1n) is 6.92. The van der Waals surface area contributed by atoms with Crippen LogP contribution in [0.3, 0.4) is 0 Å². The molecule has 1 unspecified atom stereocenters. The third-order valence-corrected chi connectivity index (χ3v) is 3.77. The Morgan fingerprint density at radius 1 is 1.30 bits per heavy atom. The number of benzene rings is 1. The van der Waals surface area contributed by atoms with Crippen LogP contribution < -0.4 is 10.9 Å². The van der Waals surface area contributed by atoms with Gasteiger partial charge in [-0.15, -0.1) is 0 Å². The van der Waals surface area contributed by atoms with Crippen molar-refractivity contribution in [2.24, 2.45) is 0 Å². The lowest BCUT2D eigenvalue weighted by Crippen LogP contribution is -2.27. The molecule has 4 heteroatoms. The number of aryl methyl sites for hydroxylation is 1. The van der Waals surface area contributed by atoms with Crippen molar-refractivity contribution in [3.8, 4) is 0 Å². The van der Waals surface area contributed by atoms with Gasteiger partial charge in [0.15, 0.2) is 0 Å². The standard InChI is InChI=1S/C16H17FN2O/c17-12-4-1-3-11(9-12)10-18-14-5-2-6-15-13(14)7-8-16(20)19-15/h1,3-4,7-9,14,18H,2,5-6,10H2,(H,19,20). The van der Waals surface area contributed by atoms with Crippen molar-refractivity contribution < 1.29 is 4.39 Å². The Bertz CT molecular complexity index is 666. The highest BCUT2D eigenvalue weighted by molar-refractivity contribution is 5.26. The Hall–Kier alpha value is -1.94. The summed E-state index contributed by atoms with van der Waals surface area (Å²) >= 11 is 0. The average molecular weight is 272 g/mol. The first kappa shape index (κ1) is 13.1. The van der Waals surface area contributed by atoms with Crippen molar-refractivity contribution in [3.05, 3.63) is 69.4 Å². The van der Waals surface area contributed by atoms with Gasteiger partial charge in [-0.25, -0.2) is 4.39 Å². The number of aromatic nitrogens is 1. The van der Waals surface area contributed by atoms with Crippen LogP contribution in [-0.2, 0) is 13.0 Å². The van der Waals surface area contributed by atoms with Gasteiger partial charge in [-0.1, -0.05) is 18.2 Å². The third-order valence-electron chi connectivity index (χ3n) is 3.77. The van der Waals surface area contributed by atoms with Crippen LogP contribution in [0, 0.1) is 5.82 Å². The predicted molar refractivity (Wildman–Crippen MR) is 76.0 cm³/mol. The van der Waals surface area contributed by atoms with Crippen LogP contribution in [0.1, 0.15) is 35.7 Å². The summed E-state index contributed by atoms with van der Waals surface area (Å²) in [6.45, 7) is 0.626. The molecule has 2 N–H and O–H groups in total. The lowest BCUT2D eigenvalue weighted by atomic mass is 9.91. The van der Waals surface area contributed by atoms with Gasteiger partial charge in [0.25, 0.3) is 0 Å². The zero-order valence-electron chi connectivity index (χ0n) is 11.2. The third kappa shape index (κ3) is 2.80. The van der Waals surface area contributed by atoms with E-state index in [-0.39, 0.29) is 17.4 Å². The van der Waals surface area contributed by atoms with Crippen LogP contribution in [-0.4, -0.2) is 4.98 Å². The monoisotopic (exact) mass is 272 g/mol. The Labute approximate surface area is 116 Å². The largest absolute Gasteiger partial charge is 0.326 e. The molecule has 104 valence electrons. The van der Waals surface area contributed by atoms with Crippen molar-refractivity contribution in [2.75, 3.05) is 0 Å². The van der Waals surface area contributed by atoms with Gasteiger partial charge in [0.05, 0.1) is 0 Å². The summed E-state index contributed by atoms with van der Waals surface area (Å²) in [6, 6.07) is 10.3. The predicted octanol–water partition coefficient (Wildman–Crippen LogP) is 2.68. The van der Waals surface area contributed by atoms with Crippen LogP contribution >= 0.6 is 0 Å². The van der Waals surface area contributed by atoms with E-state index in [1.54, 1.807) is 18.2 Å². The van der Waals surface area contributed by atoms with E-state index in [9.17, 15) is 9.18 Å². The minimum absolute atomic E-state index is 0.0467. The van der Waals surface area contributed by atoms with E-state index in [0.29, 0.717) is 6.54 Å². The molecule has 3 rings (SSSR count). The fourth-order valence-electron chi connectivity index (χ4n) is 2.80. The highest BCUT2D eigenvalue weighted by Crippen LogP contribution is 2.27. The van der Waals surface area contributed by atoms with Gasteiger partial charge in [0.2, 0.25) is 5.56 Å². The van der Waals surface area contributed by atoms with Gasteiger partial charge in [0.1, 0.15) is 5.82 Å². The maximum Gasteiger partial charge on any atom is 0.248 e. The molecule has 3 nitrogen and oxygen atoms in total. The molecule has 2 aromatic rings. The van der Waals surface area contributed by atoms with Crippen molar-refractivity contribution in [1.29, 1.82) is 0 Å². The smallest absolute Gasteiger partial charge is 0.248 e. The fraction of sp³-hybridized carbons (Fsp3) is 0.312. The number of nitrogens with one attached hydrogen (secondary N) is 2. The van der Waals surface area contributed by atoms with E-state index in [4.69, 9.17) is 0 Å². The summed E-state index contributed by atoms with van der Waals surface area (Å²) in [4.78, 5) is 14.3. The number of pyridine rings is 1. The van der Waals surface area contributed by atoms with E-state index < -0.39 is 0 Å². The SMILES string of the molecule is O=c1ccc2c([nH]1)CCCC2NCc1cccc(F)c1. The second-order valence-electron chi connectivity index (χ2n) is 5.21. The van der Waals surface area contributed by atoms with Crippen LogP contribution in [0.15, 0.2) is 41.2 Å². The summed E-state index contributed by atoms with van der Waals surface area (Å²) in [5, 5.41) is 3.45. The molecular weight excluding hydrogens is 255 g/mol. The van der Waals surface area contributed by atoms with Gasteiger partial charge in [0, 0.05) is 24.3 Å².